The molecule has 1 aliphatic heterocycles. The monoisotopic (exact) mass is 600 g/mol. The number of allylic oxidation sites excluding steroid dienone is 2. The lowest BCUT2D eigenvalue weighted by Crippen LogP contribution is -2.24. The number of ether oxygens (including phenoxy) is 1. The van der Waals surface area contributed by atoms with Crippen molar-refractivity contribution in [3.8, 4) is 5.75 Å². The summed E-state index contributed by atoms with van der Waals surface area (Å²) in [6, 6.07) is 13.1. The summed E-state index contributed by atoms with van der Waals surface area (Å²) in [5, 5.41) is 8.75. The Kier molecular flexibility index (Phi) is 4.02. The van der Waals surface area contributed by atoms with Crippen LogP contribution in [0.15, 0.2) is 89.9 Å². The molecule has 0 spiro atoms. The first kappa shape index (κ1) is 24.3. The number of aromatic nitrogens is 2. The Morgan fingerprint density at radius 2 is 1.26 bits per heavy atom. The third kappa shape index (κ3) is 2.65. The molecule has 4 heterocycles. The van der Waals surface area contributed by atoms with Gasteiger partial charge in [-0.2, -0.15) is 0 Å². The van der Waals surface area contributed by atoms with Gasteiger partial charge in [0.05, 0.1) is 10.8 Å². The highest BCUT2D eigenvalue weighted by molar-refractivity contribution is 6.47. The number of benzene rings is 6. The Morgan fingerprint density at radius 3 is 2.02 bits per heavy atom. The van der Waals surface area contributed by atoms with E-state index < -0.39 is 28.3 Å². The minimum absolute atomic E-state index is 0.271. The van der Waals surface area contributed by atoms with E-state index in [9.17, 15) is 19.2 Å². The topological polar surface area (TPSA) is 122 Å². The van der Waals surface area contributed by atoms with Gasteiger partial charge in [-0.3, -0.25) is 29.1 Å². The number of nitrogens with one attached hydrogen (secondary N) is 2. The molecule has 2 N–H and O–H groups in total. The van der Waals surface area contributed by atoms with E-state index in [2.05, 4.69) is 16.0 Å². The fourth-order valence-corrected chi connectivity index (χ4v) is 8.50. The van der Waals surface area contributed by atoms with Gasteiger partial charge in [0, 0.05) is 59.8 Å². The van der Waals surface area contributed by atoms with Crippen molar-refractivity contribution < 1.29 is 9.15 Å². The molecule has 218 valence electrons. The van der Waals surface area contributed by atoms with Crippen LogP contribution >= 0.6 is 0 Å². The smallest absolute Gasteiger partial charge is 0.258 e. The zero-order valence-electron chi connectivity index (χ0n) is 24.4. The molecule has 0 saturated carbocycles. The fraction of sp³-hybridized carbons (Fsp3) is 0.105. The second-order valence-corrected chi connectivity index (χ2v) is 12.9. The van der Waals surface area contributed by atoms with E-state index in [-0.39, 0.29) is 5.92 Å². The van der Waals surface area contributed by atoms with Gasteiger partial charge in [-0.15, -0.1) is 0 Å². The Bertz CT molecular complexity index is 3230. The first-order valence-electron chi connectivity index (χ1n) is 15.2. The average molecular weight is 601 g/mol. The van der Waals surface area contributed by atoms with Gasteiger partial charge in [0.15, 0.2) is 0 Å². The van der Waals surface area contributed by atoms with Gasteiger partial charge in [0.1, 0.15) is 23.0 Å². The van der Waals surface area contributed by atoms with Crippen LogP contribution in [0.2, 0.25) is 0 Å². The SMILES string of the molecule is CC1=CC2c3cc4c(=O)[nH]c(=O)c5cc6oc7ccc(C)cc7c7cc8c(=O)[nH]c(=O)c9cc(c%10c3c(c45)c6c7c%10c98)OC2C=C1. The van der Waals surface area contributed by atoms with Crippen LogP contribution in [0.5, 0.6) is 5.75 Å². The molecule has 0 saturated heterocycles. The average Bonchev–Trinajstić information content (AvgIpc) is 3.26. The molecule has 8 nitrogen and oxygen atoms in total. The van der Waals surface area contributed by atoms with Gasteiger partial charge in [-0.05, 0) is 72.7 Å². The van der Waals surface area contributed by atoms with Crippen LogP contribution < -0.4 is 27.0 Å². The summed E-state index contributed by atoms with van der Waals surface area (Å²) in [5.41, 5.74) is 2.05. The van der Waals surface area contributed by atoms with Crippen molar-refractivity contribution in [1.29, 1.82) is 0 Å². The molecule has 0 fully saturated rings. The lowest BCUT2D eigenvalue weighted by molar-refractivity contribution is 0.237. The number of fused-ring (bicyclic) bond motifs is 4. The molecule has 11 rings (SSSR count). The van der Waals surface area contributed by atoms with Crippen molar-refractivity contribution >= 4 is 86.6 Å². The highest BCUT2D eigenvalue weighted by atomic mass is 16.5. The standard InChI is InChI=1S/C38H20N2O6/c1-13-3-5-23-15(7-13)17-9-19-27-22(38(44)39-35(19)41)12-26-32-30-18(16-8-14(2)4-6-24(16)46-26)10-20-28-21(37(43)40-36(20)42)11-25(45-23)31(34(28)30)29(17)33(27)32/h3-12,15,23H,1-2H3,(H,39,41,44)(H,40,42,43). The minimum atomic E-state index is -0.491. The van der Waals surface area contributed by atoms with Crippen molar-refractivity contribution in [1.82, 2.24) is 9.97 Å². The predicted molar refractivity (Wildman–Crippen MR) is 181 cm³/mol. The third-order valence-electron chi connectivity index (χ3n) is 10.3. The van der Waals surface area contributed by atoms with E-state index in [1.165, 1.54) is 0 Å². The van der Waals surface area contributed by atoms with Gasteiger partial charge >= 0.3 is 0 Å². The number of hydrogen-bond acceptors (Lipinski definition) is 6. The number of H-pyrrole nitrogens is 2. The molecule has 1 aliphatic carbocycles. The number of aromatic amines is 2. The van der Waals surface area contributed by atoms with Crippen LogP contribution in [0.3, 0.4) is 0 Å². The maximum atomic E-state index is 13.6. The summed E-state index contributed by atoms with van der Waals surface area (Å²) in [6.45, 7) is 4.01. The van der Waals surface area contributed by atoms with Crippen LogP contribution in [-0.2, 0) is 0 Å². The lowest BCUT2D eigenvalue weighted by atomic mass is 9.79. The third-order valence-corrected chi connectivity index (χ3v) is 10.3. The minimum Gasteiger partial charge on any atom is -0.485 e. The zero-order chi connectivity index (χ0) is 30.9. The van der Waals surface area contributed by atoms with Crippen LogP contribution in [0.4, 0.5) is 0 Å². The first-order chi connectivity index (χ1) is 22.3. The summed E-state index contributed by atoms with van der Waals surface area (Å²) in [4.78, 5) is 59.3. The van der Waals surface area contributed by atoms with Gasteiger partial charge in [0.25, 0.3) is 22.2 Å². The normalized spacial score (nSPS) is 17.9. The molecule has 0 radical (unpaired) electrons. The van der Waals surface area contributed by atoms with Gasteiger partial charge < -0.3 is 9.15 Å². The molecule has 3 aromatic heterocycles. The Morgan fingerprint density at radius 1 is 0.587 bits per heavy atom. The fourth-order valence-electron chi connectivity index (χ4n) is 8.50. The van der Waals surface area contributed by atoms with Crippen molar-refractivity contribution in [3.63, 3.8) is 0 Å². The van der Waals surface area contributed by atoms with E-state index in [1.54, 1.807) is 12.1 Å². The molecule has 2 aliphatic rings. The maximum Gasteiger partial charge on any atom is 0.258 e. The highest BCUT2D eigenvalue weighted by Gasteiger charge is 2.35. The molecule has 2 atom stereocenters. The Balaban J connectivity index is 1.63. The highest BCUT2D eigenvalue weighted by Crippen LogP contribution is 2.55. The quantitative estimate of drug-likeness (QED) is 0.150. The van der Waals surface area contributed by atoms with Crippen molar-refractivity contribution in [2.75, 3.05) is 0 Å². The van der Waals surface area contributed by atoms with Crippen LogP contribution in [-0.4, -0.2) is 16.1 Å². The van der Waals surface area contributed by atoms with E-state index in [4.69, 9.17) is 9.15 Å². The first-order valence-corrected chi connectivity index (χ1v) is 15.2. The summed E-state index contributed by atoms with van der Waals surface area (Å²) in [5.74, 6) is 0.236. The Hall–Kier alpha value is -6.02. The van der Waals surface area contributed by atoms with Gasteiger partial charge in [0.2, 0.25) is 0 Å². The summed E-state index contributed by atoms with van der Waals surface area (Å²) >= 11 is 0. The molecule has 9 aromatic rings. The molecular weight excluding hydrogens is 580 g/mol. The van der Waals surface area contributed by atoms with E-state index in [0.717, 1.165) is 59.8 Å². The number of hydrogen-bond donors (Lipinski definition) is 2. The van der Waals surface area contributed by atoms with Crippen LogP contribution in [0.25, 0.3) is 86.6 Å². The maximum absolute atomic E-state index is 13.6. The lowest BCUT2D eigenvalue weighted by Gasteiger charge is -2.26. The van der Waals surface area contributed by atoms with Gasteiger partial charge in [-0.25, -0.2) is 0 Å². The Labute approximate surface area is 255 Å². The molecular formula is C38H20N2O6. The van der Waals surface area contributed by atoms with Crippen molar-refractivity contribution in [3.05, 3.63) is 119 Å². The van der Waals surface area contributed by atoms with Crippen LogP contribution in [0.1, 0.15) is 24.0 Å². The molecule has 2 unspecified atom stereocenters. The molecule has 0 bridgehead atoms. The predicted octanol–water partition coefficient (Wildman–Crippen LogP) is 6.58. The molecule has 46 heavy (non-hydrogen) atoms. The zero-order valence-corrected chi connectivity index (χ0v) is 24.4. The number of pyridine rings is 2. The van der Waals surface area contributed by atoms with Gasteiger partial charge in [-0.1, -0.05) is 29.4 Å². The van der Waals surface area contributed by atoms with E-state index in [0.29, 0.717) is 49.2 Å². The van der Waals surface area contributed by atoms with E-state index in [1.807, 2.05) is 56.3 Å². The largest absolute Gasteiger partial charge is 0.485 e. The van der Waals surface area contributed by atoms with Crippen molar-refractivity contribution in [2.45, 2.75) is 25.9 Å². The second kappa shape index (κ2) is 7.61. The summed E-state index contributed by atoms with van der Waals surface area (Å²) in [7, 11) is 0. The molecule has 0 amide bonds. The number of rotatable bonds is 0. The summed E-state index contributed by atoms with van der Waals surface area (Å²) in [6.07, 6.45) is 5.72. The molecule has 6 aromatic carbocycles. The van der Waals surface area contributed by atoms with E-state index >= 15 is 0 Å². The second-order valence-electron chi connectivity index (χ2n) is 12.9. The number of aryl methyl sites for hydroxylation is 1. The van der Waals surface area contributed by atoms with Crippen LogP contribution in [0, 0.1) is 6.92 Å². The summed E-state index contributed by atoms with van der Waals surface area (Å²) < 4.78 is 13.6. The van der Waals surface area contributed by atoms with Crippen molar-refractivity contribution in [2.24, 2.45) is 0 Å². The molecule has 8 heteroatoms.